The van der Waals surface area contributed by atoms with Gasteiger partial charge < -0.3 is 12.5 Å². The molecule has 1 N–H and O–H groups in total. The van der Waals surface area contributed by atoms with E-state index in [1.54, 1.807) is 6.92 Å². The molecule has 0 saturated heterocycles. The van der Waals surface area contributed by atoms with Gasteiger partial charge in [0.25, 0.3) is 5.56 Å². The number of aryl methyl sites for hydroxylation is 2. The van der Waals surface area contributed by atoms with Gasteiger partial charge in [-0.05, 0) is 38.8 Å². The normalized spacial score (nSPS) is 9.35. The van der Waals surface area contributed by atoms with Crippen LogP contribution in [0.4, 0.5) is 0 Å². The van der Waals surface area contributed by atoms with Gasteiger partial charge in [0.05, 0.1) is 11.6 Å². The van der Waals surface area contributed by atoms with Gasteiger partial charge in [0.15, 0.2) is 5.75 Å². The van der Waals surface area contributed by atoms with Gasteiger partial charge >= 0.3 is 0 Å². The standard InChI is InChI=1S/C15H18N2O2.C2H6.CH3.Y/c1-9(2)17-15(19)13(14(18)11(4)16-17)12-8-6-5-7-10(12)3;1-2;;/h5-9,18H,1-4H3;1-2H3;1H3;/q;;-1;. The van der Waals surface area contributed by atoms with Crippen LogP contribution in [0.25, 0.3) is 11.1 Å². The average molecular weight is 392 g/mol. The molecule has 23 heavy (non-hydrogen) atoms. The Morgan fingerprint density at radius 2 is 1.65 bits per heavy atom. The van der Waals surface area contributed by atoms with Crippen molar-refractivity contribution in [1.82, 2.24) is 9.78 Å². The van der Waals surface area contributed by atoms with E-state index in [1.165, 1.54) is 4.68 Å². The van der Waals surface area contributed by atoms with E-state index in [1.807, 2.05) is 58.9 Å². The third-order valence-corrected chi connectivity index (χ3v) is 3.16. The molecule has 1 aromatic carbocycles. The van der Waals surface area contributed by atoms with Crippen LogP contribution in [0.5, 0.6) is 5.75 Å². The molecular formula is C18H27N2O2Y-. The molecule has 0 unspecified atom stereocenters. The molecule has 0 bridgehead atoms. The van der Waals surface area contributed by atoms with Crippen molar-refractivity contribution in [3.05, 3.63) is 53.3 Å². The molecule has 0 fully saturated rings. The van der Waals surface area contributed by atoms with Crippen LogP contribution in [0, 0.1) is 21.3 Å². The van der Waals surface area contributed by atoms with E-state index in [-0.39, 0.29) is 57.5 Å². The fourth-order valence-electron chi connectivity index (χ4n) is 2.10. The summed E-state index contributed by atoms with van der Waals surface area (Å²) in [7, 11) is 0. The maximum Gasteiger partial charge on any atom is 0.278 e. The Hall–Kier alpha value is -0.996. The summed E-state index contributed by atoms with van der Waals surface area (Å²) in [4.78, 5) is 12.5. The molecule has 2 rings (SSSR count). The van der Waals surface area contributed by atoms with E-state index in [0.29, 0.717) is 11.3 Å². The van der Waals surface area contributed by atoms with E-state index in [4.69, 9.17) is 0 Å². The van der Waals surface area contributed by atoms with Crippen LogP contribution < -0.4 is 5.56 Å². The molecule has 125 valence electrons. The van der Waals surface area contributed by atoms with Crippen molar-refractivity contribution in [2.45, 2.75) is 47.6 Å². The van der Waals surface area contributed by atoms with Crippen LogP contribution >= 0.6 is 0 Å². The molecule has 0 aliphatic carbocycles. The smallest absolute Gasteiger partial charge is 0.278 e. The number of hydrogen-bond donors (Lipinski definition) is 1. The Kier molecular flexibility index (Phi) is 11.3. The summed E-state index contributed by atoms with van der Waals surface area (Å²) >= 11 is 0. The molecule has 1 radical (unpaired) electrons. The Labute approximate surface area is 164 Å². The summed E-state index contributed by atoms with van der Waals surface area (Å²) in [5, 5.41) is 14.3. The Morgan fingerprint density at radius 1 is 1.13 bits per heavy atom. The first-order valence-corrected chi connectivity index (χ1v) is 7.32. The van der Waals surface area contributed by atoms with Crippen molar-refractivity contribution in [3.8, 4) is 16.9 Å². The zero-order chi connectivity index (χ0) is 16.2. The SMILES string of the molecule is CC.Cc1ccccc1-c1c(O)c(C)nn(C(C)C)c1=O.[CH3-].[Y]. The topological polar surface area (TPSA) is 55.1 Å². The van der Waals surface area contributed by atoms with Gasteiger partial charge in [0.2, 0.25) is 0 Å². The monoisotopic (exact) mass is 392 g/mol. The Balaban J connectivity index is 0. The van der Waals surface area contributed by atoms with Gasteiger partial charge in [0, 0.05) is 32.7 Å². The van der Waals surface area contributed by atoms with Crippen molar-refractivity contribution in [3.63, 3.8) is 0 Å². The van der Waals surface area contributed by atoms with Gasteiger partial charge in [-0.2, -0.15) is 5.10 Å². The molecule has 5 heteroatoms. The predicted molar refractivity (Wildman–Crippen MR) is 93.2 cm³/mol. The van der Waals surface area contributed by atoms with Crippen molar-refractivity contribution >= 4 is 0 Å². The zero-order valence-electron chi connectivity index (χ0n) is 15.2. The van der Waals surface area contributed by atoms with E-state index < -0.39 is 0 Å². The van der Waals surface area contributed by atoms with Crippen molar-refractivity contribution in [2.75, 3.05) is 0 Å². The summed E-state index contributed by atoms with van der Waals surface area (Å²) in [6.45, 7) is 11.4. The van der Waals surface area contributed by atoms with Crippen LogP contribution in [-0.4, -0.2) is 14.9 Å². The molecule has 0 aliphatic heterocycles. The van der Waals surface area contributed by atoms with Crippen LogP contribution in [0.3, 0.4) is 0 Å². The molecule has 1 heterocycles. The van der Waals surface area contributed by atoms with Crippen LogP contribution in [0.15, 0.2) is 29.1 Å². The minimum atomic E-state index is -0.257. The second-order valence-electron chi connectivity index (χ2n) is 4.97. The first-order chi connectivity index (χ1) is 9.93. The maximum absolute atomic E-state index is 12.5. The van der Waals surface area contributed by atoms with Gasteiger partial charge in [0.1, 0.15) is 5.69 Å². The second-order valence-corrected chi connectivity index (χ2v) is 4.97. The van der Waals surface area contributed by atoms with Crippen LogP contribution in [0.2, 0.25) is 0 Å². The fraction of sp³-hybridized carbons (Fsp3) is 0.389. The molecule has 2 aromatic rings. The zero-order valence-corrected chi connectivity index (χ0v) is 18.1. The summed E-state index contributed by atoms with van der Waals surface area (Å²) in [5.74, 6) is -0.0313. The molecule has 0 amide bonds. The number of hydrogen-bond acceptors (Lipinski definition) is 3. The third kappa shape index (κ3) is 5.25. The molecule has 0 spiro atoms. The largest absolute Gasteiger partial charge is 0.505 e. The van der Waals surface area contributed by atoms with Crippen LogP contribution in [-0.2, 0) is 32.7 Å². The average Bonchev–Trinajstić information content (AvgIpc) is 2.47. The predicted octanol–water partition coefficient (Wildman–Crippen LogP) is 4.29. The summed E-state index contributed by atoms with van der Waals surface area (Å²) < 4.78 is 1.41. The van der Waals surface area contributed by atoms with Crippen molar-refractivity contribution in [2.24, 2.45) is 0 Å². The molecule has 0 saturated carbocycles. The van der Waals surface area contributed by atoms with Gasteiger partial charge in [-0.25, -0.2) is 4.68 Å². The second kappa shape index (κ2) is 10.7. The van der Waals surface area contributed by atoms with E-state index >= 15 is 0 Å². The maximum atomic E-state index is 12.5. The number of benzene rings is 1. The number of nitrogens with zero attached hydrogens (tertiary/aromatic N) is 2. The molecular weight excluding hydrogens is 365 g/mol. The van der Waals surface area contributed by atoms with Crippen LogP contribution in [0.1, 0.15) is 45.0 Å². The van der Waals surface area contributed by atoms with Crippen molar-refractivity contribution in [1.29, 1.82) is 0 Å². The molecule has 0 aliphatic rings. The molecule has 4 nitrogen and oxygen atoms in total. The first kappa shape index (κ1) is 24.3. The van der Waals surface area contributed by atoms with E-state index in [2.05, 4.69) is 5.10 Å². The quantitative estimate of drug-likeness (QED) is 0.776. The van der Waals surface area contributed by atoms with E-state index in [0.717, 1.165) is 11.1 Å². The van der Waals surface area contributed by atoms with Gasteiger partial charge in [-0.3, -0.25) is 4.79 Å². The molecule has 0 atom stereocenters. The minimum absolute atomic E-state index is 0. The van der Waals surface area contributed by atoms with Gasteiger partial charge in [-0.15, -0.1) is 0 Å². The fourth-order valence-corrected chi connectivity index (χ4v) is 2.10. The molecule has 1 aromatic heterocycles. The Morgan fingerprint density at radius 3 is 2.13 bits per heavy atom. The summed E-state index contributed by atoms with van der Waals surface area (Å²) in [6, 6.07) is 7.48. The Bertz CT molecular complexity index is 679. The number of aromatic nitrogens is 2. The first-order valence-electron chi connectivity index (χ1n) is 7.32. The third-order valence-electron chi connectivity index (χ3n) is 3.16. The summed E-state index contributed by atoms with van der Waals surface area (Å²) in [5.41, 5.74) is 2.25. The summed E-state index contributed by atoms with van der Waals surface area (Å²) in [6.07, 6.45) is 0. The van der Waals surface area contributed by atoms with Gasteiger partial charge in [-0.1, -0.05) is 38.1 Å². The van der Waals surface area contributed by atoms with Crippen molar-refractivity contribution < 1.29 is 37.8 Å². The number of aromatic hydroxyl groups is 1. The van der Waals surface area contributed by atoms with E-state index in [9.17, 15) is 9.90 Å². The minimum Gasteiger partial charge on any atom is -0.505 e. The number of rotatable bonds is 2.